The van der Waals surface area contributed by atoms with E-state index in [4.69, 9.17) is 21.1 Å². The molecule has 0 bridgehead atoms. The predicted octanol–water partition coefficient (Wildman–Crippen LogP) is 4.74. The Morgan fingerprint density at radius 1 is 1.21 bits per heavy atom. The van der Waals surface area contributed by atoms with E-state index in [1.54, 1.807) is 35.7 Å². The molecule has 0 spiro atoms. The molecule has 9 heteroatoms. The van der Waals surface area contributed by atoms with E-state index in [2.05, 4.69) is 4.98 Å². The minimum absolute atomic E-state index is 0.0999. The maximum absolute atomic E-state index is 14.1. The summed E-state index contributed by atoms with van der Waals surface area (Å²) in [6.07, 6.45) is 0. The number of carbonyl (C=O) groups excluding carboxylic acids is 2. The van der Waals surface area contributed by atoms with Crippen LogP contribution in [0.4, 0.5) is 15.2 Å². The molecule has 1 amide bonds. The number of amides is 1. The third-order valence-corrected chi connectivity index (χ3v) is 4.78. The number of hydrogen-bond donors (Lipinski definition) is 0. The van der Waals surface area contributed by atoms with Crippen molar-refractivity contribution in [3.05, 3.63) is 70.4 Å². The van der Waals surface area contributed by atoms with Gasteiger partial charge in [-0.1, -0.05) is 29.8 Å². The minimum atomic E-state index is -0.586. The topological polar surface area (TPSA) is 68.7 Å². The fraction of sp³-hybridized carbons (Fsp3) is 0.150. The lowest BCUT2D eigenvalue weighted by molar-refractivity contribution is -0.147. The molecule has 6 nitrogen and oxygen atoms in total. The highest BCUT2D eigenvalue weighted by molar-refractivity contribution is 7.14. The highest BCUT2D eigenvalue weighted by Gasteiger charge is 2.21. The summed E-state index contributed by atoms with van der Waals surface area (Å²) in [6, 6.07) is 12.6. The second-order valence-electron chi connectivity index (χ2n) is 5.83. The molecule has 0 saturated heterocycles. The monoisotopic (exact) mass is 434 g/mol. The van der Waals surface area contributed by atoms with Gasteiger partial charge in [0.2, 0.25) is 5.91 Å². The summed E-state index contributed by atoms with van der Waals surface area (Å²) in [5.74, 6) is -1.06. The Hall–Kier alpha value is -2.97. The fourth-order valence-corrected chi connectivity index (χ4v) is 3.45. The zero-order valence-electron chi connectivity index (χ0n) is 15.3. The third kappa shape index (κ3) is 5.52. The molecule has 1 aromatic heterocycles. The van der Waals surface area contributed by atoms with Crippen molar-refractivity contribution >= 4 is 45.6 Å². The van der Waals surface area contributed by atoms with Gasteiger partial charge in [-0.3, -0.25) is 9.69 Å². The molecule has 3 aromatic rings. The molecule has 0 aliphatic carbocycles. The number of ether oxygens (including phenoxy) is 2. The van der Waals surface area contributed by atoms with E-state index in [0.717, 1.165) is 11.3 Å². The number of nitrogens with zero attached hydrogens (tertiary/aromatic N) is 2. The Balaban J connectivity index is 1.60. The number of esters is 1. The second kappa shape index (κ2) is 9.49. The van der Waals surface area contributed by atoms with E-state index in [1.165, 1.54) is 30.0 Å². The van der Waals surface area contributed by atoms with Gasteiger partial charge in [0, 0.05) is 17.3 Å². The lowest BCUT2D eigenvalue weighted by atomic mass is 10.3. The van der Waals surface area contributed by atoms with E-state index in [-0.39, 0.29) is 29.9 Å². The highest BCUT2D eigenvalue weighted by atomic mass is 35.5. The van der Waals surface area contributed by atoms with Crippen molar-refractivity contribution in [1.82, 2.24) is 4.98 Å². The molecule has 2 aromatic carbocycles. The van der Waals surface area contributed by atoms with Gasteiger partial charge in [-0.2, -0.15) is 0 Å². The van der Waals surface area contributed by atoms with Crippen molar-refractivity contribution in [2.75, 3.05) is 11.5 Å². The Morgan fingerprint density at radius 3 is 2.72 bits per heavy atom. The van der Waals surface area contributed by atoms with Crippen LogP contribution in [0, 0.1) is 5.82 Å². The van der Waals surface area contributed by atoms with E-state index >= 15 is 0 Å². The zero-order chi connectivity index (χ0) is 20.8. The van der Waals surface area contributed by atoms with Crippen molar-refractivity contribution in [2.45, 2.75) is 13.5 Å². The molecule has 0 unspecified atom stereocenters. The lowest BCUT2D eigenvalue weighted by Crippen LogP contribution is -2.23. The Kier molecular flexibility index (Phi) is 6.79. The molecule has 0 fully saturated rings. The summed E-state index contributed by atoms with van der Waals surface area (Å²) in [7, 11) is 0. The van der Waals surface area contributed by atoms with Crippen LogP contribution in [0.25, 0.3) is 0 Å². The summed E-state index contributed by atoms with van der Waals surface area (Å²) < 4.78 is 24.5. The number of benzene rings is 2. The highest BCUT2D eigenvalue weighted by Crippen LogP contribution is 2.30. The van der Waals surface area contributed by atoms with E-state index < -0.39 is 11.8 Å². The van der Waals surface area contributed by atoms with Gasteiger partial charge in [-0.15, -0.1) is 11.3 Å². The van der Waals surface area contributed by atoms with Crippen molar-refractivity contribution < 1.29 is 23.5 Å². The van der Waals surface area contributed by atoms with Gasteiger partial charge in [-0.25, -0.2) is 14.2 Å². The minimum Gasteiger partial charge on any atom is -0.482 e. The van der Waals surface area contributed by atoms with Crippen LogP contribution < -0.4 is 9.64 Å². The fourth-order valence-electron chi connectivity index (χ4n) is 2.40. The molecule has 1 heterocycles. The van der Waals surface area contributed by atoms with Crippen LogP contribution >= 0.6 is 22.9 Å². The number of hydrogen-bond acceptors (Lipinski definition) is 6. The van der Waals surface area contributed by atoms with Gasteiger partial charge < -0.3 is 9.47 Å². The Labute approximate surface area is 175 Å². The first-order valence-corrected chi connectivity index (χ1v) is 9.73. The summed E-state index contributed by atoms with van der Waals surface area (Å²) >= 11 is 6.99. The van der Waals surface area contributed by atoms with E-state index in [0.29, 0.717) is 16.5 Å². The first-order chi connectivity index (χ1) is 13.9. The van der Waals surface area contributed by atoms with Gasteiger partial charge in [0.15, 0.2) is 11.7 Å². The van der Waals surface area contributed by atoms with Gasteiger partial charge in [0.25, 0.3) is 0 Å². The summed E-state index contributed by atoms with van der Waals surface area (Å²) in [4.78, 5) is 29.3. The first kappa shape index (κ1) is 20.8. The average molecular weight is 435 g/mol. The molecule has 0 radical (unpaired) electrons. The van der Waals surface area contributed by atoms with Crippen LogP contribution in [0.3, 0.4) is 0 Å². The van der Waals surface area contributed by atoms with Crippen LogP contribution in [0.2, 0.25) is 5.02 Å². The van der Waals surface area contributed by atoms with Gasteiger partial charge >= 0.3 is 5.97 Å². The Bertz CT molecular complexity index is 1030. The van der Waals surface area contributed by atoms with E-state index in [9.17, 15) is 14.0 Å². The largest absolute Gasteiger partial charge is 0.482 e. The van der Waals surface area contributed by atoms with Gasteiger partial charge in [0.1, 0.15) is 18.2 Å². The summed E-state index contributed by atoms with van der Waals surface area (Å²) in [5.41, 5.74) is 0.538. The quantitative estimate of drug-likeness (QED) is 0.502. The molecule has 0 aliphatic heterocycles. The van der Waals surface area contributed by atoms with Gasteiger partial charge in [0.05, 0.1) is 11.4 Å². The van der Waals surface area contributed by atoms with Crippen LogP contribution in [-0.4, -0.2) is 23.5 Å². The van der Waals surface area contributed by atoms with Crippen molar-refractivity contribution in [3.63, 3.8) is 0 Å². The maximum atomic E-state index is 14.1. The number of rotatable bonds is 7. The number of carbonyl (C=O) groups is 2. The molecule has 150 valence electrons. The zero-order valence-corrected chi connectivity index (χ0v) is 16.9. The van der Waals surface area contributed by atoms with Crippen LogP contribution in [-0.2, 0) is 20.9 Å². The molecule has 0 N–H and O–H groups in total. The number of aromatic nitrogens is 1. The van der Waals surface area contributed by atoms with Crippen LogP contribution in [0.5, 0.6) is 5.75 Å². The molecule has 0 saturated carbocycles. The number of para-hydroxylation sites is 1. The number of thiazole rings is 1. The van der Waals surface area contributed by atoms with Gasteiger partial charge in [-0.05, 0) is 30.3 Å². The summed E-state index contributed by atoms with van der Waals surface area (Å²) in [5, 5.41) is 2.41. The molecule has 29 heavy (non-hydrogen) atoms. The predicted molar refractivity (Wildman–Crippen MR) is 108 cm³/mol. The number of anilines is 2. The number of halogens is 2. The molecule has 0 aliphatic rings. The van der Waals surface area contributed by atoms with Crippen molar-refractivity contribution in [3.8, 4) is 5.75 Å². The normalized spacial score (nSPS) is 10.4. The second-order valence-corrected chi connectivity index (χ2v) is 7.11. The Morgan fingerprint density at radius 2 is 2.00 bits per heavy atom. The lowest BCUT2D eigenvalue weighted by Gasteiger charge is -2.18. The SMILES string of the molecule is CC(=O)N(c1nc(COC(=O)COc2cccc(Cl)c2)cs1)c1ccccc1F. The van der Waals surface area contributed by atoms with Crippen LogP contribution in [0.15, 0.2) is 53.9 Å². The first-order valence-electron chi connectivity index (χ1n) is 8.47. The van der Waals surface area contributed by atoms with E-state index in [1.807, 2.05) is 0 Å². The summed E-state index contributed by atoms with van der Waals surface area (Å²) in [6.45, 7) is 0.935. The molecular weight excluding hydrogens is 419 g/mol. The smallest absolute Gasteiger partial charge is 0.344 e. The maximum Gasteiger partial charge on any atom is 0.344 e. The van der Waals surface area contributed by atoms with Crippen molar-refractivity contribution in [2.24, 2.45) is 0 Å². The molecular formula is C20H16ClFN2O4S. The van der Waals surface area contributed by atoms with Crippen LogP contribution in [0.1, 0.15) is 12.6 Å². The molecule has 0 atom stereocenters. The van der Waals surface area contributed by atoms with Crippen molar-refractivity contribution in [1.29, 1.82) is 0 Å². The average Bonchev–Trinajstić information content (AvgIpc) is 3.15. The standard InChI is InChI=1S/C20H16ClFN2O4S/c1-13(25)24(18-8-3-2-7-17(18)22)20-23-15(12-29-20)10-28-19(26)11-27-16-6-4-5-14(21)9-16/h2-9,12H,10-11H2,1H3. The third-order valence-electron chi connectivity index (χ3n) is 3.67. The molecule has 3 rings (SSSR count).